The molecule has 2 aromatic carbocycles. The standard InChI is InChI=1S/C18H16ClN3/c1-12-2-8-15(9-3-12)22-18-16(10-11-20-18)17(21-22)13-4-6-14(19)7-5-13/h2-9,20H,10-11H2,1H3. The van der Waals surface area contributed by atoms with E-state index in [2.05, 4.69) is 36.5 Å². The second kappa shape index (κ2) is 5.18. The van der Waals surface area contributed by atoms with Crippen LogP contribution in [0.15, 0.2) is 48.5 Å². The van der Waals surface area contributed by atoms with Crippen molar-refractivity contribution < 1.29 is 0 Å². The van der Waals surface area contributed by atoms with Gasteiger partial charge in [0.05, 0.1) is 11.4 Å². The first-order chi connectivity index (χ1) is 10.7. The minimum Gasteiger partial charge on any atom is -0.369 e. The van der Waals surface area contributed by atoms with Gasteiger partial charge in [-0.3, -0.25) is 0 Å². The van der Waals surface area contributed by atoms with Crippen LogP contribution in [0.2, 0.25) is 5.02 Å². The molecule has 4 rings (SSSR count). The van der Waals surface area contributed by atoms with Crippen LogP contribution in [0.4, 0.5) is 5.82 Å². The fourth-order valence-electron chi connectivity index (χ4n) is 2.89. The highest BCUT2D eigenvalue weighted by atomic mass is 35.5. The summed E-state index contributed by atoms with van der Waals surface area (Å²) in [5.74, 6) is 1.11. The number of aryl methyl sites for hydroxylation is 1. The maximum atomic E-state index is 5.99. The second-order valence-corrected chi connectivity index (χ2v) is 6.04. The van der Waals surface area contributed by atoms with Crippen LogP contribution in [0, 0.1) is 6.92 Å². The quantitative estimate of drug-likeness (QED) is 0.757. The van der Waals surface area contributed by atoms with Gasteiger partial charge in [0.1, 0.15) is 5.82 Å². The summed E-state index contributed by atoms with van der Waals surface area (Å²) < 4.78 is 2.01. The maximum Gasteiger partial charge on any atom is 0.133 e. The molecule has 110 valence electrons. The Labute approximate surface area is 134 Å². The first-order valence-corrected chi connectivity index (χ1v) is 7.79. The Morgan fingerprint density at radius 3 is 2.50 bits per heavy atom. The van der Waals surface area contributed by atoms with E-state index >= 15 is 0 Å². The van der Waals surface area contributed by atoms with Crippen molar-refractivity contribution in [2.45, 2.75) is 13.3 Å². The van der Waals surface area contributed by atoms with Crippen molar-refractivity contribution in [2.75, 3.05) is 11.9 Å². The van der Waals surface area contributed by atoms with Crippen LogP contribution in [0.3, 0.4) is 0 Å². The molecule has 22 heavy (non-hydrogen) atoms. The minimum atomic E-state index is 0.747. The molecule has 0 atom stereocenters. The fraction of sp³-hybridized carbons (Fsp3) is 0.167. The van der Waals surface area contributed by atoms with Gasteiger partial charge in [0.15, 0.2) is 0 Å². The van der Waals surface area contributed by atoms with E-state index in [1.54, 1.807) is 0 Å². The molecule has 3 nitrogen and oxygen atoms in total. The van der Waals surface area contributed by atoms with Crippen molar-refractivity contribution in [3.8, 4) is 16.9 Å². The Morgan fingerprint density at radius 1 is 1.05 bits per heavy atom. The maximum absolute atomic E-state index is 5.99. The lowest BCUT2D eigenvalue weighted by molar-refractivity contribution is 0.882. The van der Waals surface area contributed by atoms with E-state index in [9.17, 15) is 0 Å². The lowest BCUT2D eigenvalue weighted by Gasteiger charge is -2.06. The number of halogens is 1. The van der Waals surface area contributed by atoms with E-state index in [1.165, 1.54) is 11.1 Å². The summed E-state index contributed by atoms with van der Waals surface area (Å²) in [6.07, 6.45) is 0.999. The number of rotatable bonds is 2. The van der Waals surface area contributed by atoms with Gasteiger partial charge >= 0.3 is 0 Å². The Morgan fingerprint density at radius 2 is 1.77 bits per heavy atom. The third kappa shape index (κ3) is 2.18. The minimum absolute atomic E-state index is 0.747. The third-order valence-corrected chi connectivity index (χ3v) is 4.30. The molecule has 0 bridgehead atoms. The van der Waals surface area contributed by atoms with Gasteiger partial charge in [-0.05, 0) is 37.6 Å². The third-order valence-electron chi connectivity index (χ3n) is 4.05. The molecule has 1 aliphatic heterocycles. The highest BCUT2D eigenvalue weighted by Crippen LogP contribution is 2.34. The van der Waals surface area contributed by atoms with Gasteiger partial charge in [-0.15, -0.1) is 0 Å². The molecule has 1 N–H and O–H groups in total. The van der Waals surface area contributed by atoms with E-state index in [1.807, 2.05) is 28.9 Å². The van der Waals surface area contributed by atoms with Gasteiger partial charge in [0.2, 0.25) is 0 Å². The Kier molecular flexibility index (Phi) is 3.16. The summed E-state index contributed by atoms with van der Waals surface area (Å²) in [4.78, 5) is 0. The number of hydrogen-bond acceptors (Lipinski definition) is 2. The van der Waals surface area contributed by atoms with Gasteiger partial charge in [-0.1, -0.05) is 41.4 Å². The Balaban J connectivity index is 1.86. The van der Waals surface area contributed by atoms with Crippen LogP contribution in [0.5, 0.6) is 0 Å². The van der Waals surface area contributed by atoms with Gasteiger partial charge in [0.25, 0.3) is 0 Å². The summed E-state index contributed by atoms with van der Waals surface area (Å²) >= 11 is 5.99. The number of hydrogen-bond donors (Lipinski definition) is 1. The number of aromatic nitrogens is 2. The van der Waals surface area contributed by atoms with Gasteiger partial charge < -0.3 is 5.32 Å². The molecular weight excluding hydrogens is 294 g/mol. The average Bonchev–Trinajstić information content (AvgIpc) is 3.12. The molecule has 0 saturated heterocycles. The van der Waals surface area contributed by atoms with Crippen molar-refractivity contribution in [2.24, 2.45) is 0 Å². The topological polar surface area (TPSA) is 29.9 Å². The van der Waals surface area contributed by atoms with Gasteiger partial charge in [-0.25, -0.2) is 4.68 Å². The summed E-state index contributed by atoms with van der Waals surface area (Å²) in [6, 6.07) is 16.3. The average molecular weight is 310 g/mol. The predicted molar refractivity (Wildman–Crippen MR) is 90.9 cm³/mol. The first kappa shape index (κ1) is 13.4. The molecule has 1 aliphatic rings. The van der Waals surface area contributed by atoms with Crippen LogP contribution < -0.4 is 5.32 Å². The highest BCUT2D eigenvalue weighted by Gasteiger charge is 2.23. The SMILES string of the molecule is Cc1ccc(-n2nc(-c3ccc(Cl)cc3)c3c2NCC3)cc1. The molecule has 1 aromatic heterocycles. The molecule has 0 radical (unpaired) electrons. The van der Waals surface area contributed by atoms with E-state index in [-0.39, 0.29) is 0 Å². The van der Waals surface area contributed by atoms with E-state index in [4.69, 9.17) is 16.7 Å². The summed E-state index contributed by atoms with van der Waals surface area (Å²) in [5.41, 5.74) is 5.75. The van der Waals surface area contributed by atoms with E-state index in [0.29, 0.717) is 0 Å². The number of nitrogens with zero attached hydrogens (tertiary/aromatic N) is 2. The number of fused-ring (bicyclic) bond motifs is 1. The van der Waals surface area contributed by atoms with Gasteiger partial charge in [0, 0.05) is 22.7 Å². The zero-order valence-corrected chi connectivity index (χ0v) is 13.1. The van der Waals surface area contributed by atoms with Crippen LogP contribution in [-0.2, 0) is 6.42 Å². The van der Waals surface area contributed by atoms with Gasteiger partial charge in [-0.2, -0.15) is 5.10 Å². The van der Waals surface area contributed by atoms with Crippen LogP contribution >= 0.6 is 11.6 Å². The number of anilines is 1. The fourth-order valence-corrected chi connectivity index (χ4v) is 3.01. The molecule has 0 unspecified atom stereocenters. The summed E-state index contributed by atoms with van der Waals surface area (Å²) in [7, 11) is 0. The summed E-state index contributed by atoms with van der Waals surface area (Å²) in [6.45, 7) is 3.05. The van der Waals surface area contributed by atoms with E-state index in [0.717, 1.165) is 40.8 Å². The normalized spacial score (nSPS) is 13.0. The summed E-state index contributed by atoms with van der Waals surface area (Å²) in [5, 5.41) is 9.05. The monoisotopic (exact) mass is 309 g/mol. The molecule has 4 heteroatoms. The largest absolute Gasteiger partial charge is 0.369 e. The van der Waals surface area contributed by atoms with Crippen LogP contribution in [-0.4, -0.2) is 16.3 Å². The van der Waals surface area contributed by atoms with Crippen molar-refractivity contribution in [3.05, 3.63) is 64.7 Å². The molecular formula is C18H16ClN3. The molecule has 0 spiro atoms. The molecule has 0 fully saturated rings. The predicted octanol–water partition coefficient (Wildman–Crippen LogP) is 4.47. The number of benzene rings is 2. The lowest BCUT2D eigenvalue weighted by atomic mass is 10.1. The van der Waals surface area contributed by atoms with Crippen molar-refractivity contribution in [1.29, 1.82) is 0 Å². The van der Waals surface area contributed by atoms with Crippen molar-refractivity contribution in [3.63, 3.8) is 0 Å². The van der Waals surface area contributed by atoms with E-state index < -0.39 is 0 Å². The van der Waals surface area contributed by atoms with Crippen LogP contribution in [0.1, 0.15) is 11.1 Å². The second-order valence-electron chi connectivity index (χ2n) is 5.61. The zero-order chi connectivity index (χ0) is 15.1. The highest BCUT2D eigenvalue weighted by molar-refractivity contribution is 6.30. The molecule has 3 aromatic rings. The lowest BCUT2D eigenvalue weighted by Crippen LogP contribution is -2.04. The van der Waals surface area contributed by atoms with Crippen molar-refractivity contribution in [1.82, 2.24) is 9.78 Å². The Bertz CT molecular complexity index is 749. The Hall–Kier alpha value is -2.26. The molecule has 0 saturated carbocycles. The molecule has 0 aliphatic carbocycles. The molecule has 0 amide bonds. The first-order valence-electron chi connectivity index (χ1n) is 7.41. The number of nitrogens with one attached hydrogen (secondary N) is 1. The van der Waals surface area contributed by atoms with Crippen LogP contribution in [0.25, 0.3) is 16.9 Å². The smallest absolute Gasteiger partial charge is 0.133 e. The zero-order valence-electron chi connectivity index (χ0n) is 12.3. The van der Waals surface area contributed by atoms with Crippen molar-refractivity contribution >= 4 is 17.4 Å². The molecule has 2 heterocycles.